The van der Waals surface area contributed by atoms with Crippen molar-refractivity contribution in [1.82, 2.24) is 4.57 Å². The first-order valence-electron chi connectivity index (χ1n) is 19.7. The molecule has 11 aromatic rings. The molecular weight excluding hydrogens is 691 g/mol. The number of fused-ring (bicyclic) bond motifs is 9. The monoisotopic (exact) mass is 725 g/mol. The van der Waals surface area contributed by atoms with Crippen molar-refractivity contribution < 1.29 is 4.42 Å². The van der Waals surface area contributed by atoms with Crippen LogP contribution >= 0.6 is 0 Å². The number of benzene rings is 9. The van der Waals surface area contributed by atoms with E-state index in [0.717, 1.165) is 33.2 Å². The summed E-state index contributed by atoms with van der Waals surface area (Å²) < 4.78 is 8.63. The van der Waals surface area contributed by atoms with Crippen molar-refractivity contribution >= 4 is 43.7 Å². The Morgan fingerprint density at radius 2 is 0.895 bits per heavy atom. The summed E-state index contributed by atoms with van der Waals surface area (Å²) in [5.41, 5.74) is 19.3. The highest BCUT2D eigenvalue weighted by atomic mass is 16.3. The highest BCUT2D eigenvalue weighted by molar-refractivity contribution is 6.10. The predicted octanol–water partition coefficient (Wildman–Crippen LogP) is 14.8. The second-order valence-corrected chi connectivity index (χ2v) is 15.3. The summed E-state index contributed by atoms with van der Waals surface area (Å²) in [6.45, 7) is 0. The standard InChI is InChI=1S/C55H35NO/c1-2-10-35(11-3-1)36-22-27-42(28-23-36)56-51-16-8-6-13-44(51)45-29-24-40(33-52(45)56)39-26-31-49-50(32-39)43-12-4-5-15-48(43)55(49)38-20-18-37(19-21-38)41-25-30-47-46-14-7-9-17-53(46)57-54(47)34-41/h1-34,55H. The van der Waals surface area contributed by atoms with E-state index in [2.05, 4.69) is 199 Å². The van der Waals surface area contributed by atoms with E-state index < -0.39 is 0 Å². The first-order valence-corrected chi connectivity index (χ1v) is 19.7. The van der Waals surface area contributed by atoms with Gasteiger partial charge in [-0.05, 0) is 110 Å². The number of hydrogen-bond donors (Lipinski definition) is 0. The molecule has 0 bridgehead atoms. The molecule has 1 unspecified atom stereocenters. The fourth-order valence-electron chi connectivity index (χ4n) is 9.38. The Labute approximate surface area is 330 Å². The third-order valence-electron chi connectivity index (χ3n) is 12.1. The van der Waals surface area contributed by atoms with E-state index in [1.165, 1.54) is 77.4 Å². The molecule has 1 atom stereocenters. The second kappa shape index (κ2) is 12.6. The molecule has 9 aromatic carbocycles. The fraction of sp³-hybridized carbons (Fsp3) is 0.0182. The second-order valence-electron chi connectivity index (χ2n) is 15.3. The molecule has 12 rings (SSSR count). The molecule has 0 spiro atoms. The first kappa shape index (κ1) is 31.9. The molecule has 1 aliphatic carbocycles. The summed E-state index contributed by atoms with van der Waals surface area (Å²) in [7, 11) is 0. The van der Waals surface area contributed by atoms with Gasteiger partial charge in [-0.25, -0.2) is 0 Å². The third-order valence-corrected chi connectivity index (χ3v) is 12.1. The van der Waals surface area contributed by atoms with Gasteiger partial charge >= 0.3 is 0 Å². The molecular formula is C55H35NO. The Bertz CT molecular complexity index is 3330. The number of para-hydroxylation sites is 2. The van der Waals surface area contributed by atoms with Crippen molar-refractivity contribution in [1.29, 1.82) is 0 Å². The van der Waals surface area contributed by atoms with E-state index in [4.69, 9.17) is 4.42 Å². The molecule has 2 aromatic heterocycles. The van der Waals surface area contributed by atoms with Crippen molar-refractivity contribution in [2.45, 2.75) is 5.92 Å². The normalized spacial score (nSPS) is 13.4. The summed E-state index contributed by atoms with van der Waals surface area (Å²) >= 11 is 0. The fourth-order valence-corrected chi connectivity index (χ4v) is 9.38. The zero-order valence-electron chi connectivity index (χ0n) is 31.1. The van der Waals surface area contributed by atoms with Crippen molar-refractivity contribution in [3.63, 3.8) is 0 Å². The lowest BCUT2D eigenvalue weighted by Crippen LogP contribution is -1.99. The van der Waals surface area contributed by atoms with Crippen LogP contribution in [0.15, 0.2) is 211 Å². The highest BCUT2D eigenvalue weighted by Gasteiger charge is 2.30. The van der Waals surface area contributed by atoms with Gasteiger partial charge in [0.25, 0.3) is 0 Å². The van der Waals surface area contributed by atoms with Gasteiger partial charge < -0.3 is 8.98 Å². The first-order chi connectivity index (χ1) is 28.2. The average Bonchev–Trinajstić information content (AvgIpc) is 3.94. The lowest BCUT2D eigenvalue weighted by atomic mass is 9.88. The lowest BCUT2D eigenvalue weighted by molar-refractivity contribution is 0.669. The SMILES string of the molecule is c1ccc(-c2ccc(-n3c4ccccc4c4ccc(-c5ccc6c(c5)-c5ccccc5C6c5ccc(-c6ccc7c(c6)oc6ccccc67)cc5)cc43)cc2)cc1. The molecule has 0 amide bonds. The Balaban J connectivity index is 0.920. The Hall–Kier alpha value is -7.42. The largest absolute Gasteiger partial charge is 0.456 e. The van der Waals surface area contributed by atoms with Gasteiger partial charge in [-0.1, -0.05) is 158 Å². The van der Waals surface area contributed by atoms with Gasteiger partial charge in [0.2, 0.25) is 0 Å². The Morgan fingerprint density at radius 3 is 1.75 bits per heavy atom. The molecule has 2 heterocycles. The van der Waals surface area contributed by atoms with E-state index >= 15 is 0 Å². The molecule has 1 aliphatic rings. The number of furan rings is 1. The third kappa shape index (κ3) is 5.04. The molecule has 266 valence electrons. The number of aromatic nitrogens is 1. The molecule has 0 aliphatic heterocycles. The van der Waals surface area contributed by atoms with Crippen LogP contribution in [0.4, 0.5) is 0 Å². The van der Waals surface area contributed by atoms with Crippen LogP contribution in [0.2, 0.25) is 0 Å². The maximum Gasteiger partial charge on any atom is 0.136 e. The number of nitrogens with zero attached hydrogens (tertiary/aromatic N) is 1. The van der Waals surface area contributed by atoms with E-state index in [9.17, 15) is 0 Å². The van der Waals surface area contributed by atoms with Crippen LogP contribution in [0, 0.1) is 0 Å². The molecule has 0 saturated carbocycles. The van der Waals surface area contributed by atoms with Crippen molar-refractivity contribution in [3.05, 3.63) is 223 Å². The van der Waals surface area contributed by atoms with Crippen molar-refractivity contribution in [2.24, 2.45) is 0 Å². The van der Waals surface area contributed by atoms with Crippen LogP contribution in [0.1, 0.15) is 22.6 Å². The van der Waals surface area contributed by atoms with E-state index in [0.29, 0.717) is 0 Å². The van der Waals surface area contributed by atoms with Crippen LogP contribution < -0.4 is 0 Å². The van der Waals surface area contributed by atoms with Gasteiger partial charge in [-0.15, -0.1) is 0 Å². The maximum atomic E-state index is 6.22. The van der Waals surface area contributed by atoms with Crippen molar-refractivity contribution in [2.75, 3.05) is 0 Å². The maximum absolute atomic E-state index is 6.22. The molecule has 0 N–H and O–H groups in total. The Kier molecular flexibility index (Phi) is 7.02. The Morgan fingerprint density at radius 1 is 0.333 bits per heavy atom. The lowest BCUT2D eigenvalue weighted by Gasteiger charge is -2.16. The summed E-state index contributed by atoms with van der Waals surface area (Å²) in [5.74, 6) is 0.168. The highest BCUT2D eigenvalue weighted by Crippen LogP contribution is 2.49. The smallest absolute Gasteiger partial charge is 0.136 e. The molecule has 2 heteroatoms. The van der Waals surface area contributed by atoms with Crippen LogP contribution in [-0.2, 0) is 0 Å². The van der Waals surface area contributed by atoms with Crippen LogP contribution in [0.5, 0.6) is 0 Å². The van der Waals surface area contributed by atoms with Crippen LogP contribution in [0.25, 0.3) is 93.9 Å². The average molecular weight is 726 g/mol. The zero-order valence-corrected chi connectivity index (χ0v) is 31.1. The number of hydrogen-bond acceptors (Lipinski definition) is 1. The molecule has 57 heavy (non-hydrogen) atoms. The zero-order chi connectivity index (χ0) is 37.5. The minimum absolute atomic E-state index is 0.168. The molecule has 0 fully saturated rings. The number of rotatable bonds is 5. The topological polar surface area (TPSA) is 18.1 Å². The van der Waals surface area contributed by atoms with Gasteiger partial charge in [0, 0.05) is 33.2 Å². The van der Waals surface area contributed by atoms with E-state index in [-0.39, 0.29) is 5.92 Å². The summed E-state index contributed by atoms with van der Waals surface area (Å²) in [6.07, 6.45) is 0. The predicted molar refractivity (Wildman–Crippen MR) is 237 cm³/mol. The van der Waals surface area contributed by atoms with Gasteiger partial charge in [-0.2, -0.15) is 0 Å². The van der Waals surface area contributed by atoms with Gasteiger partial charge in [0.15, 0.2) is 0 Å². The summed E-state index contributed by atoms with van der Waals surface area (Å²) in [4.78, 5) is 0. The molecule has 0 saturated heterocycles. The summed E-state index contributed by atoms with van der Waals surface area (Å²) in [5, 5.41) is 4.83. The van der Waals surface area contributed by atoms with E-state index in [1.807, 2.05) is 12.1 Å². The molecule has 0 radical (unpaired) electrons. The quantitative estimate of drug-likeness (QED) is 0.173. The van der Waals surface area contributed by atoms with Crippen LogP contribution in [0.3, 0.4) is 0 Å². The van der Waals surface area contributed by atoms with Gasteiger partial charge in [0.1, 0.15) is 11.2 Å². The molecule has 2 nitrogen and oxygen atoms in total. The minimum atomic E-state index is 0.168. The summed E-state index contributed by atoms with van der Waals surface area (Å²) in [6, 6.07) is 75.3. The minimum Gasteiger partial charge on any atom is -0.456 e. The van der Waals surface area contributed by atoms with Crippen LogP contribution in [-0.4, -0.2) is 4.57 Å². The van der Waals surface area contributed by atoms with E-state index in [1.54, 1.807) is 0 Å². The van der Waals surface area contributed by atoms with Gasteiger partial charge in [0.05, 0.1) is 11.0 Å². The van der Waals surface area contributed by atoms with Crippen molar-refractivity contribution in [3.8, 4) is 50.2 Å². The van der Waals surface area contributed by atoms with Gasteiger partial charge in [-0.3, -0.25) is 0 Å².